The Bertz CT molecular complexity index is 617. The molecule has 0 aliphatic heterocycles. The number of oxazole rings is 1. The molecule has 3 rings (SSSR count). The third-order valence-electron chi connectivity index (χ3n) is 2.08. The molecule has 0 saturated heterocycles. The van der Waals surface area contributed by atoms with Crippen LogP contribution in [-0.2, 0) is 0 Å². The van der Waals surface area contributed by atoms with E-state index in [9.17, 15) is 0 Å². The van der Waals surface area contributed by atoms with Crippen molar-refractivity contribution >= 4 is 28.5 Å². The van der Waals surface area contributed by atoms with Gasteiger partial charge in [0.2, 0.25) is 0 Å². The van der Waals surface area contributed by atoms with Gasteiger partial charge in [0.1, 0.15) is 6.26 Å². The van der Waals surface area contributed by atoms with E-state index < -0.39 is 0 Å². The van der Waals surface area contributed by atoms with Gasteiger partial charge in [0.25, 0.3) is 5.22 Å². The number of nitrogens with zero attached hydrogens (tertiary/aromatic N) is 2. The first kappa shape index (κ1) is 9.29. The Labute approximate surface area is 95.1 Å². The number of aromatic amines is 1. The van der Waals surface area contributed by atoms with Crippen molar-refractivity contribution < 1.29 is 4.42 Å². The summed E-state index contributed by atoms with van der Waals surface area (Å²) in [7, 11) is 0. The number of nitrogen functional groups attached to an aromatic ring is 1. The number of benzene rings is 1. The van der Waals surface area contributed by atoms with Gasteiger partial charge < -0.3 is 15.1 Å². The first-order chi connectivity index (χ1) is 7.81. The van der Waals surface area contributed by atoms with Gasteiger partial charge in [0.15, 0.2) is 5.16 Å². The van der Waals surface area contributed by atoms with E-state index in [1.807, 2.05) is 18.2 Å². The quantitative estimate of drug-likeness (QED) is 0.662. The molecule has 0 spiro atoms. The van der Waals surface area contributed by atoms with Gasteiger partial charge >= 0.3 is 0 Å². The third-order valence-corrected chi connectivity index (χ3v) is 2.84. The average molecular weight is 232 g/mol. The Morgan fingerprint density at radius 2 is 2.31 bits per heavy atom. The molecule has 0 saturated carbocycles. The largest absolute Gasteiger partial charge is 0.440 e. The van der Waals surface area contributed by atoms with Crippen molar-refractivity contribution in [2.75, 3.05) is 5.73 Å². The van der Waals surface area contributed by atoms with Crippen molar-refractivity contribution in [3.63, 3.8) is 0 Å². The Hall–Kier alpha value is -1.95. The normalized spacial score (nSPS) is 11.0. The maximum absolute atomic E-state index is 5.68. The monoisotopic (exact) mass is 232 g/mol. The summed E-state index contributed by atoms with van der Waals surface area (Å²) in [5.74, 6) is 0. The molecule has 0 aliphatic rings. The van der Waals surface area contributed by atoms with Gasteiger partial charge in [-0.05, 0) is 18.2 Å². The minimum atomic E-state index is 0.562. The molecule has 2 aromatic heterocycles. The van der Waals surface area contributed by atoms with Crippen molar-refractivity contribution in [3.05, 3.63) is 30.7 Å². The average Bonchev–Trinajstić information content (AvgIpc) is 2.86. The molecule has 6 heteroatoms. The van der Waals surface area contributed by atoms with Gasteiger partial charge in [-0.15, -0.1) is 0 Å². The molecule has 0 fully saturated rings. The summed E-state index contributed by atoms with van der Waals surface area (Å²) in [5, 5.41) is 1.30. The summed E-state index contributed by atoms with van der Waals surface area (Å²) in [5.41, 5.74) is 8.18. The fraction of sp³-hybridized carbons (Fsp3) is 0. The van der Waals surface area contributed by atoms with Gasteiger partial charge in [-0.25, -0.2) is 9.97 Å². The van der Waals surface area contributed by atoms with Crippen molar-refractivity contribution in [2.45, 2.75) is 10.4 Å². The molecule has 0 radical (unpaired) electrons. The molecule has 0 aliphatic carbocycles. The van der Waals surface area contributed by atoms with Gasteiger partial charge in [-0.2, -0.15) is 0 Å². The number of H-pyrrole nitrogens is 1. The van der Waals surface area contributed by atoms with E-state index in [4.69, 9.17) is 10.2 Å². The molecule has 0 atom stereocenters. The van der Waals surface area contributed by atoms with E-state index in [0.717, 1.165) is 16.2 Å². The number of nitrogens with two attached hydrogens (primary N) is 1. The number of nitrogens with one attached hydrogen (secondary N) is 1. The predicted molar refractivity (Wildman–Crippen MR) is 61.1 cm³/mol. The van der Waals surface area contributed by atoms with E-state index >= 15 is 0 Å². The molecule has 3 aromatic rings. The minimum absolute atomic E-state index is 0.562. The van der Waals surface area contributed by atoms with Gasteiger partial charge in [-0.1, -0.05) is 0 Å². The molecular formula is C10H8N4OS. The maximum Gasteiger partial charge on any atom is 0.263 e. The predicted octanol–water partition coefficient (Wildman–Crippen LogP) is 2.28. The lowest BCUT2D eigenvalue weighted by Gasteiger charge is -1.89. The highest BCUT2D eigenvalue weighted by atomic mass is 32.2. The maximum atomic E-state index is 5.68. The standard InChI is InChI=1S/C10H8N4OS/c11-6-1-2-7-8(5-6)14-9(13-7)16-10-12-3-4-15-10/h1-5H,11H2,(H,13,14). The summed E-state index contributed by atoms with van der Waals surface area (Å²) >= 11 is 1.34. The molecule has 80 valence electrons. The van der Waals surface area contributed by atoms with Crippen molar-refractivity contribution in [2.24, 2.45) is 0 Å². The number of imidazole rings is 1. The number of rotatable bonds is 2. The zero-order valence-corrected chi connectivity index (χ0v) is 8.99. The van der Waals surface area contributed by atoms with Crippen LogP contribution in [0.2, 0.25) is 0 Å². The fourth-order valence-electron chi connectivity index (χ4n) is 1.40. The zero-order chi connectivity index (χ0) is 11.0. The molecule has 0 bridgehead atoms. The number of hydrogen-bond acceptors (Lipinski definition) is 5. The Balaban J connectivity index is 1.99. The van der Waals surface area contributed by atoms with Crippen LogP contribution < -0.4 is 5.73 Å². The van der Waals surface area contributed by atoms with Crippen LogP contribution in [0.15, 0.2) is 45.5 Å². The Morgan fingerprint density at radius 1 is 1.38 bits per heavy atom. The molecule has 5 nitrogen and oxygen atoms in total. The second-order valence-corrected chi connectivity index (χ2v) is 4.16. The minimum Gasteiger partial charge on any atom is -0.440 e. The van der Waals surface area contributed by atoms with Crippen LogP contribution in [0.4, 0.5) is 5.69 Å². The molecule has 16 heavy (non-hydrogen) atoms. The smallest absolute Gasteiger partial charge is 0.263 e. The van der Waals surface area contributed by atoms with E-state index in [1.54, 1.807) is 6.20 Å². The third kappa shape index (κ3) is 1.63. The lowest BCUT2D eigenvalue weighted by molar-refractivity contribution is 0.453. The van der Waals surface area contributed by atoms with Crippen LogP contribution in [0.3, 0.4) is 0 Å². The van der Waals surface area contributed by atoms with Gasteiger partial charge in [0, 0.05) is 17.4 Å². The van der Waals surface area contributed by atoms with Crippen molar-refractivity contribution in [1.29, 1.82) is 0 Å². The van der Waals surface area contributed by atoms with Crippen LogP contribution in [-0.4, -0.2) is 15.0 Å². The highest BCUT2D eigenvalue weighted by molar-refractivity contribution is 7.98. The highest BCUT2D eigenvalue weighted by Crippen LogP contribution is 2.26. The van der Waals surface area contributed by atoms with Crippen molar-refractivity contribution in [3.8, 4) is 0 Å². The number of fused-ring (bicyclic) bond motifs is 1. The van der Waals surface area contributed by atoms with Crippen LogP contribution in [0.25, 0.3) is 11.0 Å². The first-order valence-electron chi connectivity index (χ1n) is 4.64. The number of anilines is 1. The summed E-state index contributed by atoms with van der Waals surface area (Å²) in [4.78, 5) is 11.5. The molecule has 0 unspecified atom stereocenters. The van der Waals surface area contributed by atoms with Crippen LogP contribution >= 0.6 is 11.8 Å². The highest BCUT2D eigenvalue weighted by Gasteiger charge is 2.07. The molecule has 3 N–H and O–H groups in total. The number of hydrogen-bond donors (Lipinski definition) is 2. The summed E-state index contributed by atoms with van der Waals surface area (Å²) in [6.07, 6.45) is 3.13. The molecule has 2 heterocycles. The first-order valence-corrected chi connectivity index (χ1v) is 5.45. The van der Waals surface area contributed by atoms with Crippen LogP contribution in [0, 0.1) is 0 Å². The summed E-state index contributed by atoms with van der Waals surface area (Å²) < 4.78 is 5.12. The molecular weight excluding hydrogens is 224 g/mol. The second kappa shape index (κ2) is 3.57. The summed E-state index contributed by atoms with van der Waals surface area (Å²) in [6.45, 7) is 0. The summed E-state index contributed by atoms with van der Waals surface area (Å²) in [6, 6.07) is 5.55. The van der Waals surface area contributed by atoms with E-state index in [-0.39, 0.29) is 0 Å². The van der Waals surface area contributed by atoms with E-state index in [0.29, 0.717) is 10.9 Å². The number of aromatic nitrogens is 3. The van der Waals surface area contributed by atoms with Crippen molar-refractivity contribution in [1.82, 2.24) is 15.0 Å². The zero-order valence-electron chi connectivity index (χ0n) is 8.18. The van der Waals surface area contributed by atoms with Gasteiger partial charge in [-0.3, -0.25) is 0 Å². The lowest BCUT2D eigenvalue weighted by Crippen LogP contribution is -1.82. The van der Waals surface area contributed by atoms with E-state index in [1.165, 1.54) is 18.0 Å². The van der Waals surface area contributed by atoms with Crippen LogP contribution in [0.5, 0.6) is 0 Å². The molecule has 1 aromatic carbocycles. The Kier molecular flexibility index (Phi) is 2.07. The van der Waals surface area contributed by atoms with Crippen LogP contribution in [0.1, 0.15) is 0 Å². The second-order valence-electron chi connectivity index (χ2n) is 3.22. The topological polar surface area (TPSA) is 80.7 Å². The Morgan fingerprint density at radius 3 is 3.12 bits per heavy atom. The SMILES string of the molecule is Nc1ccc2nc(Sc3ncco3)[nH]c2c1. The fourth-order valence-corrected chi connectivity index (χ4v) is 2.08. The van der Waals surface area contributed by atoms with E-state index in [2.05, 4.69) is 15.0 Å². The molecule has 0 amide bonds. The van der Waals surface area contributed by atoms with Gasteiger partial charge in [0.05, 0.1) is 17.2 Å². The lowest BCUT2D eigenvalue weighted by atomic mass is 10.3.